The van der Waals surface area contributed by atoms with Crippen LogP contribution in [0.2, 0.25) is 0 Å². The molecule has 0 saturated heterocycles. The van der Waals surface area contributed by atoms with E-state index in [2.05, 4.69) is 0 Å². The van der Waals surface area contributed by atoms with E-state index in [4.69, 9.17) is 14.2 Å². The predicted octanol–water partition coefficient (Wildman–Crippen LogP) is 3.14. The molecule has 0 unspecified atom stereocenters. The molecule has 0 radical (unpaired) electrons. The third-order valence-corrected chi connectivity index (χ3v) is 2.19. The smallest absolute Gasteiger partial charge is 0.133 e. The summed E-state index contributed by atoms with van der Waals surface area (Å²) >= 11 is 0. The molecule has 0 aliphatic heterocycles. The molecule has 0 saturated carbocycles. The van der Waals surface area contributed by atoms with Crippen molar-refractivity contribution in [1.29, 1.82) is 0 Å². The minimum absolute atomic E-state index is 0.722. The first-order chi connectivity index (χ1) is 7.62. The summed E-state index contributed by atoms with van der Waals surface area (Å²) in [4.78, 5) is 0. The number of hydrogen-bond donors (Lipinski definition) is 0. The van der Waals surface area contributed by atoms with Gasteiger partial charge in [-0.15, -0.1) is 0 Å². The molecule has 3 heteroatoms. The monoisotopic (exact) mass is 222 g/mol. The maximum Gasteiger partial charge on any atom is 0.133 e. The Bertz CT molecular complexity index is 365. The summed E-state index contributed by atoms with van der Waals surface area (Å²) in [6, 6.07) is 3.69. The van der Waals surface area contributed by atoms with Gasteiger partial charge in [0.05, 0.1) is 26.9 Å². The molecule has 1 rings (SSSR count). The number of benzene rings is 1. The molecule has 1 aromatic rings. The molecule has 0 heterocycles. The van der Waals surface area contributed by atoms with E-state index in [0.717, 1.165) is 22.8 Å². The zero-order valence-electron chi connectivity index (χ0n) is 10.5. The summed E-state index contributed by atoms with van der Waals surface area (Å²) in [6.45, 7) is 4.06. The molecule has 0 aromatic heterocycles. The van der Waals surface area contributed by atoms with E-state index in [1.165, 1.54) is 5.57 Å². The van der Waals surface area contributed by atoms with Crippen LogP contribution in [0.15, 0.2) is 17.7 Å². The van der Waals surface area contributed by atoms with Gasteiger partial charge in [0.15, 0.2) is 0 Å². The molecule has 0 spiro atoms. The van der Waals surface area contributed by atoms with Crippen molar-refractivity contribution in [2.24, 2.45) is 0 Å². The standard InChI is InChI=1S/C13H18O3/c1-9(2)6-11-12(15-4)7-10(14-3)8-13(11)16-5/h6-8H,1-5H3. The lowest BCUT2D eigenvalue weighted by atomic mass is 10.1. The Morgan fingerprint density at radius 1 is 0.938 bits per heavy atom. The van der Waals surface area contributed by atoms with Crippen LogP contribution in [-0.2, 0) is 0 Å². The van der Waals surface area contributed by atoms with Crippen molar-refractivity contribution in [1.82, 2.24) is 0 Å². The molecule has 16 heavy (non-hydrogen) atoms. The van der Waals surface area contributed by atoms with Crippen molar-refractivity contribution in [2.75, 3.05) is 21.3 Å². The van der Waals surface area contributed by atoms with Crippen LogP contribution in [0.25, 0.3) is 6.08 Å². The second kappa shape index (κ2) is 5.45. The summed E-state index contributed by atoms with van der Waals surface area (Å²) < 4.78 is 15.8. The van der Waals surface area contributed by atoms with Gasteiger partial charge >= 0.3 is 0 Å². The number of methoxy groups -OCH3 is 3. The van der Waals surface area contributed by atoms with Gasteiger partial charge in [-0.1, -0.05) is 5.57 Å². The van der Waals surface area contributed by atoms with Crippen molar-refractivity contribution < 1.29 is 14.2 Å². The van der Waals surface area contributed by atoms with Crippen molar-refractivity contribution >= 4 is 6.08 Å². The molecule has 1 aromatic carbocycles. The summed E-state index contributed by atoms with van der Waals surface area (Å²) in [5, 5.41) is 0. The fourth-order valence-corrected chi connectivity index (χ4v) is 1.46. The molecule has 3 nitrogen and oxygen atoms in total. The fraction of sp³-hybridized carbons (Fsp3) is 0.385. The zero-order valence-corrected chi connectivity index (χ0v) is 10.5. The van der Waals surface area contributed by atoms with Gasteiger partial charge in [-0.25, -0.2) is 0 Å². The molecule has 0 atom stereocenters. The van der Waals surface area contributed by atoms with Crippen LogP contribution in [0, 0.1) is 0 Å². The molecule has 0 aliphatic carbocycles. The first-order valence-electron chi connectivity index (χ1n) is 5.07. The summed E-state index contributed by atoms with van der Waals surface area (Å²) in [6.07, 6.45) is 2.02. The third kappa shape index (κ3) is 2.69. The quantitative estimate of drug-likeness (QED) is 0.783. The van der Waals surface area contributed by atoms with Crippen molar-refractivity contribution in [2.45, 2.75) is 13.8 Å². The van der Waals surface area contributed by atoms with Gasteiger partial charge in [0.1, 0.15) is 17.2 Å². The molecule has 0 aliphatic rings. The van der Waals surface area contributed by atoms with Crippen LogP contribution in [0.3, 0.4) is 0 Å². The van der Waals surface area contributed by atoms with Gasteiger partial charge in [0, 0.05) is 12.1 Å². The number of allylic oxidation sites excluding steroid dienone is 1. The van der Waals surface area contributed by atoms with Crippen LogP contribution < -0.4 is 14.2 Å². The largest absolute Gasteiger partial charge is 0.496 e. The van der Waals surface area contributed by atoms with E-state index in [-0.39, 0.29) is 0 Å². The SMILES string of the molecule is COc1cc(OC)c(C=C(C)C)c(OC)c1. The van der Waals surface area contributed by atoms with E-state index in [0.29, 0.717) is 0 Å². The Morgan fingerprint density at radius 2 is 1.44 bits per heavy atom. The normalized spacial score (nSPS) is 9.56. The Labute approximate surface area is 96.6 Å². The van der Waals surface area contributed by atoms with Crippen LogP contribution >= 0.6 is 0 Å². The first-order valence-corrected chi connectivity index (χ1v) is 5.07. The van der Waals surface area contributed by atoms with E-state index in [1.807, 2.05) is 32.1 Å². The number of ether oxygens (including phenoxy) is 3. The van der Waals surface area contributed by atoms with Crippen LogP contribution in [0.5, 0.6) is 17.2 Å². The van der Waals surface area contributed by atoms with Gasteiger partial charge in [0.25, 0.3) is 0 Å². The fourth-order valence-electron chi connectivity index (χ4n) is 1.46. The zero-order chi connectivity index (χ0) is 12.1. The molecular formula is C13H18O3. The lowest BCUT2D eigenvalue weighted by Gasteiger charge is -2.12. The highest BCUT2D eigenvalue weighted by molar-refractivity contribution is 5.67. The van der Waals surface area contributed by atoms with Gasteiger partial charge < -0.3 is 14.2 Å². The lowest BCUT2D eigenvalue weighted by molar-refractivity contribution is 0.374. The van der Waals surface area contributed by atoms with Gasteiger partial charge in [-0.2, -0.15) is 0 Å². The highest BCUT2D eigenvalue weighted by Crippen LogP contribution is 2.35. The first kappa shape index (κ1) is 12.4. The summed E-state index contributed by atoms with van der Waals surface area (Å²) in [5.41, 5.74) is 2.12. The average Bonchev–Trinajstić information content (AvgIpc) is 2.28. The molecule has 0 N–H and O–H groups in total. The average molecular weight is 222 g/mol. The highest BCUT2D eigenvalue weighted by Gasteiger charge is 2.10. The number of hydrogen-bond acceptors (Lipinski definition) is 3. The Balaban J connectivity index is 3.37. The molecule has 0 bridgehead atoms. The van der Waals surface area contributed by atoms with Crippen LogP contribution in [0.1, 0.15) is 19.4 Å². The second-order valence-electron chi connectivity index (χ2n) is 3.67. The molecule has 0 fully saturated rings. The highest BCUT2D eigenvalue weighted by atomic mass is 16.5. The van der Waals surface area contributed by atoms with Crippen molar-refractivity contribution in [3.05, 3.63) is 23.3 Å². The maximum atomic E-state index is 5.33. The Kier molecular flexibility index (Phi) is 4.23. The minimum Gasteiger partial charge on any atom is -0.496 e. The maximum absolute atomic E-state index is 5.33. The molecule has 88 valence electrons. The second-order valence-corrected chi connectivity index (χ2v) is 3.67. The topological polar surface area (TPSA) is 27.7 Å². The van der Waals surface area contributed by atoms with Gasteiger partial charge in [-0.05, 0) is 19.9 Å². The van der Waals surface area contributed by atoms with Gasteiger partial charge in [-0.3, -0.25) is 0 Å². The summed E-state index contributed by atoms with van der Waals surface area (Å²) in [5.74, 6) is 2.22. The van der Waals surface area contributed by atoms with Gasteiger partial charge in [0.2, 0.25) is 0 Å². The summed E-state index contributed by atoms with van der Waals surface area (Å²) in [7, 11) is 4.89. The minimum atomic E-state index is 0.722. The van der Waals surface area contributed by atoms with Crippen molar-refractivity contribution in [3.63, 3.8) is 0 Å². The Morgan fingerprint density at radius 3 is 1.75 bits per heavy atom. The molecular weight excluding hydrogens is 204 g/mol. The van der Waals surface area contributed by atoms with E-state index in [9.17, 15) is 0 Å². The lowest BCUT2D eigenvalue weighted by Crippen LogP contribution is -1.95. The molecule has 0 amide bonds. The van der Waals surface area contributed by atoms with E-state index in [1.54, 1.807) is 21.3 Å². The number of rotatable bonds is 4. The van der Waals surface area contributed by atoms with E-state index >= 15 is 0 Å². The third-order valence-electron chi connectivity index (χ3n) is 2.19. The van der Waals surface area contributed by atoms with E-state index < -0.39 is 0 Å². The van der Waals surface area contributed by atoms with Crippen molar-refractivity contribution in [3.8, 4) is 17.2 Å². The Hall–Kier alpha value is -1.64. The van der Waals surface area contributed by atoms with Crippen LogP contribution in [0.4, 0.5) is 0 Å². The van der Waals surface area contributed by atoms with Crippen LogP contribution in [-0.4, -0.2) is 21.3 Å². The predicted molar refractivity (Wildman–Crippen MR) is 65.4 cm³/mol.